The van der Waals surface area contributed by atoms with Crippen molar-refractivity contribution < 1.29 is 0 Å². The Hall–Kier alpha value is 0.270. The zero-order valence-corrected chi connectivity index (χ0v) is 11.3. The Morgan fingerprint density at radius 1 is 1.25 bits per heavy atom. The van der Waals surface area contributed by atoms with Crippen LogP contribution in [0, 0.1) is 11.8 Å². The van der Waals surface area contributed by atoms with Gasteiger partial charge in [0, 0.05) is 30.6 Å². The van der Waals surface area contributed by atoms with Crippen LogP contribution in [0.3, 0.4) is 0 Å². The molecule has 0 spiro atoms. The standard InChI is InChI=1S/C13H26N2S/c1-11-10-16-7-6-15(11)9-13-5-3-2-4-12(13)8-14/h11-13H,2-10,14H2,1H3. The van der Waals surface area contributed by atoms with Gasteiger partial charge in [-0.3, -0.25) is 4.90 Å². The van der Waals surface area contributed by atoms with Crippen LogP contribution in [0.4, 0.5) is 0 Å². The van der Waals surface area contributed by atoms with Gasteiger partial charge in [-0.2, -0.15) is 11.8 Å². The first-order chi connectivity index (χ1) is 7.81. The van der Waals surface area contributed by atoms with Gasteiger partial charge in [0.15, 0.2) is 0 Å². The first-order valence-electron chi connectivity index (χ1n) is 6.83. The van der Waals surface area contributed by atoms with Gasteiger partial charge < -0.3 is 5.73 Å². The third-order valence-corrected chi connectivity index (χ3v) is 5.53. The number of nitrogens with two attached hydrogens (primary N) is 1. The van der Waals surface area contributed by atoms with Crippen molar-refractivity contribution in [1.82, 2.24) is 4.90 Å². The van der Waals surface area contributed by atoms with Crippen molar-refractivity contribution in [3.05, 3.63) is 0 Å². The van der Waals surface area contributed by atoms with Gasteiger partial charge in [-0.15, -0.1) is 0 Å². The van der Waals surface area contributed by atoms with Crippen LogP contribution < -0.4 is 5.73 Å². The molecular weight excluding hydrogens is 216 g/mol. The van der Waals surface area contributed by atoms with E-state index in [1.165, 1.54) is 50.3 Å². The van der Waals surface area contributed by atoms with Crippen molar-refractivity contribution in [1.29, 1.82) is 0 Å². The lowest BCUT2D eigenvalue weighted by Crippen LogP contribution is -2.45. The summed E-state index contributed by atoms with van der Waals surface area (Å²) in [6, 6.07) is 0.777. The molecule has 2 rings (SSSR count). The monoisotopic (exact) mass is 242 g/mol. The summed E-state index contributed by atoms with van der Waals surface area (Å²) in [5.41, 5.74) is 5.91. The summed E-state index contributed by atoms with van der Waals surface area (Å²) >= 11 is 2.11. The maximum atomic E-state index is 5.91. The third-order valence-electron chi connectivity index (χ3n) is 4.34. The van der Waals surface area contributed by atoms with Gasteiger partial charge in [0.05, 0.1) is 0 Å². The summed E-state index contributed by atoms with van der Waals surface area (Å²) in [5, 5.41) is 0. The molecule has 2 N–H and O–H groups in total. The lowest BCUT2D eigenvalue weighted by Gasteiger charge is -2.39. The summed E-state index contributed by atoms with van der Waals surface area (Å²) in [6.07, 6.45) is 5.62. The highest BCUT2D eigenvalue weighted by atomic mass is 32.2. The quantitative estimate of drug-likeness (QED) is 0.822. The van der Waals surface area contributed by atoms with Crippen molar-refractivity contribution >= 4 is 11.8 Å². The highest BCUT2D eigenvalue weighted by molar-refractivity contribution is 7.99. The van der Waals surface area contributed by atoms with Gasteiger partial charge in [-0.1, -0.05) is 12.8 Å². The molecule has 3 atom stereocenters. The fourth-order valence-electron chi connectivity index (χ4n) is 3.17. The molecule has 0 radical (unpaired) electrons. The van der Waals surface area contributed by atoms with Crippen LogP contribution in [0.1, 0.15) is 32.6 Å². The molecule has 1 saturated carbocycles. The molecule has 0 aromatic heterocycles. The van der Waals surface area contributed by atoms with E-state index in [0.717, 1.165) is 24.4 Å². The van der Waals surface area contributed by atoms with Crippen LogP contribution >= 0.6 is 11.8 Å². The van der Waals surface area contributed by atoms with E-state index in [0.29, 0.717) is 0 Å². The van der Waals surface area contributed by atoms with Crippen molar-refractivity contribution in [2.75, 3.05) is 31.1 Å². The molecule has 1 aliphatic heterocycles. The predicted octanol–water partition coefficient (Wildman–Crippen LogP) is 2.19. The van der Waals surface area contributed by atoms with Crippen LogP contribution in [-0.4, -0.2) is 42.1 Å². The maximum Gasteiger partial charge on any atom is 0.0158 e. The van der Waals surface area contributed by atoms with Gasteiger partial charge in [0.25, 0.3) is 0 Å². The molecular formula is C13H26N2S. The van der Waals surface area contributed by atoms with Crippen LogP contribution in [0.5, 0.6) is 0 Å². The molecule has 3 unspecified atom stereocenters. The largest absolute Gasteiger partial charge is 0.330 e. The molecule has 0 aromatic rings. The summed E-state index contributed by atoms with van der Waals surface area (Å²) in [7, 11) is 0. The second-order valence-electron chi connectivity index (χ2n) is 5.46. The van der Waals surface area contributed by atoms with Crippen LogP contribution in [0.15, 0.2) is 0 Å². The molecule has 0 aromatic carbocycles. The molecule has 2 nitrogen and oxygen atoms in total. The lowest BCUT2D eigenvalue weighted by molar-refractivity contribution is 0.135. The Labute approximate surface area is 104 Å². The molecule has 1 saturated heterocycles. The number of nitrogens with zero attached hydrogens (tertiary/aromatic N) is 1. The van der Waals surface area contributed by atoms with E-state index in [-0.39, 0.29) is 0 Å². The fraction of sp³-hybridized carbons (Fsp3) is 1.00. The van der Waals surface area contributed by atoms with E-state index in [1.54, 1.807) is 0 Å². The highest BCUT2D eigenvalue weighted by Crippen LogP contribution is 2.31. The first-order valence-corrected chi connectivity index (χ1v) is 7.98. The van der Waals surface area contributed by atoms with Crippen molar-refractivity contribution in [2.24, 2.45) is 17.6 Å². The molecule has 0 amide bonds. The molecule has 1 aliphatic carbocycles. The van der Waals surface area contributed by atoms with E-state index in [1.807, 2.05) is 0 Å². The third kappa shape index (κ3) is 3.14. The van der Waals surface area contributed by atoms with Crippen LogP contribution in [0.2, 0.25) is 0 Å². The zero-order chi connectivity index (χ0) is 11.4. The topological polar surface area (TPSA) is 29.3 Å². The molecule has 0 bridgehead atoms. The normalized spacial score (nSPS) is 37.5. The fourth-order valence-corrected chi connectivity index (χ4v) is 4.25. The van der Waals surface area contributed by atoms with Crippen molar-refractivity contribution in [3.63, 3.8) is 0 Å². The van der Waals surface area contributed by atoms with Gasteiger partial charge in [-0.25, -0.2) is 0 Å². The minimum absolute atomic E-state index is 0.777. The number of hydrogen-bond acceptors (Lipinski definition) is 3. The Morgan fingerprint density at radius 3 is 2.69 bits per heavy atom. The summed E-state index contributed by atoms with van der Waals surface area (Å²) < 4.78 is 0. The second-order valence-corrected chi connectivity index (χ2v) is 6.61. The van der Waals surface area contributed by atoms with Crippen LogP contribution in [0.25, 0.3) is 0 Å². The number of thioether (sulfide) groups is 1. The number of hydrogen-bond donors (Lipinski definition) is 1. The zero-order valence-electron chi connectivity index (χ0n) is 10.5. The average Bonchev–Trinajstić information content (AvgIpc) is 2.33. The summed E-state index contributed by atoms with van der Waals surface area (Å²) in [5.74, 6) is 4.32. The van der Waals surface area contributed by atoms with E-state index in [2.05, 4.69) is 23.6 Å². The molecule has 94 valence electrons. The van der Waals surface area contributed by atoms with Gasteiger partial charge in [0.1, 0.15) is 0 Å². The maximum absolute atomic E-state index is 5.91. The van der Waals surface area contributed by atoms with E-state index in [4.69, 9.17) is 5.73 Å². The van der Waals surface area contributed by atoms with Crippen molar-refractivity contribution in [3.8, 4) is 0 Å². The smallest absolute Gasteiger partial charge is 0.0158 e. The van der Waals surface area contributed by atoms with E-state index >= 15 is 0 Å². The molecule has 3 heteroatoms. The van der Waals surface area contributed by atoms with Gasteiger partial charge in [-0.05, 0) is 38.1 Å². The van der Waals surface area contributed by atoms with Crippen molar-refractivity contribution in [2.45, 2.75) is 38.6 Å². The SMILES string of the molecule is CC1CSCCN1CC1CCCCC1CN. The first kappa shape index (κ1) is 12.7. The summed E-state index contributed by atoms with van der Waals surface area (Å²) in [6.45, 7) is 5.89. The number of rotatable bonds is 3. The predicted molar refractivity (Wildman–Crippen MR) is 72.9 cm³/mol. The van der Waals surface area contributed by atoms with Crippen LogP contribution in [-0.2, 0) is 0 Å². The van der Waals surface area contributed by atoms with Gasteiger partial charge in [0.2, 0.25) is 0 Å². The molecule has 1 heterocycles. The van der Waals surface area contributed by atoms with Gasteiger partial charge >= 0.3 is 0 Å². The molecule has 16 heavy (non-hydrogen) atoms. The lowest BCUT2D eigenvalue weighted by atomic mass is 9.79. The Balaban J connectivity index is 1.86. The highest BCUT2D eigenvalue weighted by Gasteiger charge is 2.28. The Bertz CT molecular complexity index is 210. The average molecular weight is 242 g/mol. The Morgan fingerprint density at radius 2 is 2.00 bits per heavy atom. The Kier molecular flexibility index (Phi) is 4.98. The molecule has 2 fully saturated rings. The molecule has 2 aliphatic rings. The van der Waals surface area contributed by atoms with E-state index in [9.17, 15) is 0 Å². The second kappa shape index (κ2) is 6.27. The minimum atomic E-state index is 0.777. The minimum Gasteiger partial charge on any atom is -0.330 e. The van der Waals surface area contributed by atoms with E-state index < -0.39 is 0 Å². The summed E-state index contributed by atoms with van der Waals surface area (Å²) in [4.78, 5) is 2.70.